The smallest absolute Gasteiger partial charge is 0.407 e. The predicted molar refractivity (Wildman–Crippen MR) is 306 cm³/mol. The number of carbonyl (C=O) groups excluding carboxylic acids is 6. The molecule has 19 nitrogen and oxygen atoms in total. The van der Waals surface area contributed by atoms with Gasteiger partial charge >= 0.3 is 6.09 Å². The molecule has 0 radical (unpaired) electrons. The van der Waals surface area contributed by atoms with Gasteiger partial charge in [0.25, 0.3) is 0 Å². The van der Waals surface area contributed by atoms with Crippen LogP contribution in [0.2, 0.25) is 0 Å². The molecule has 3 aliphatic rings. The number of amides is 6. The van der Waals surface area contributed by atoms with Crippen LogP contribution in [-0.2, 0) is 61.0 Å². The van der Waals surface area contributed by atoms with Crippen molar-refractivity contribution in [3.8, 4) is 5.75 Å². The standard InChI is InChI=1S/C62H74N10O9/c63-28-31-65-62(79)81-47-36-55-60(77)67-50(25-22-40-12-4-1-5-13-40)56(73)70-53(35-45-37-66-49-19-11-10-18-48(45)49)59(76)69-52(33-43-26-29-64-30-27-43)57(74)68-51(32-42-20-23-46(24-21-42)80-39-44-16-8-3-9-17-44)58(75)71-54(61(78)72(55)38-47)34-41-14-6-2-7-15-41/h1-21,23-24,37,43,47,50-55,57,64,66,68,74H,22,25-36,38-39,63H2,(H,65,79)(H,67,77)(H,69,76)(H,70,73)(H,71,75)/t47-,50-,51+,52+,53-,54+,55+,57?/m1/s1. The molecule has 5 aromatic carbocycles. The molecule has 1 unspecified atom stereocenters. The molecule has 11 N–H and O–H groups in total. The van der Waals surface area contributed by atoms with Crippen molar-refractivity contribution in [2.75, 3.05) is 32.7 Å². The molecule has 3 saturated heterocycles. The van der Waals surface area contributed by atoms with E-state index < -0.39 is 84.2 Å². The second-order valence-corrected chi connectivity index (χ2v) is 21.3. The number of H-pyrrole nitrogens is 1. The number of hydrogen-bond acceptors (Lipinski definition) is 12. The first-order valence-electron chi connectivity index (χ1n) is 28.2. The van der Waals surface area contributed by atoms with Crippen LogP contribution in [-0.4, -0.2) is 132 Å². The first-order valence-corrected chi connectivity index (χ1v) is 28.2. The third-order valence-electron chi connectivity index (χ3n) is 15.4. The Morgan fingerprint density at radius 1 is 0.654 bits per heavy atom. The molecule has 3 fully saturated rings. The van der Waals surface area contributed by atoms with Gasteiger partial charge in [0.1, 0.15) is 48.9 Å². The van der Waals surface area contributed by atoms with Crippen LogP contribution in [0.25, 0.3) is 10.9 Å². The Morgan fingerprint density at radius 2 is 1.26 bits per heavy atom. The number of nitrogens with two attached hydrogens (primary N) is 1. The monoisotopic (exact) mass is 1100 g/mol. The van der Waals surface area contributed by atoms with Gasteiger partial charge in [0.05, 0.1) is 18.6 Å². The molecule has 8 atom stereocenters. The molecule has 0 aliphatic carbocycles. The van der Waals surface area contributed by atoms with E-state index in [2.05, 4.69) is 42.2 Å². The van der Waals surface area contributed by atoms with E-state index in [-0.39, 0.29) is 57.7 Å². The number of nitrogens with zero attached hydrogens (tertiary/aromatic N) is 1. The van der Waals surface area contributed by atoms with Gasteiger partial charge < -0.3 is 62.1 Å². The van der Waals surface area contributed by atoms with Crippen LogP contribution in [0.5, 0.6) is 5.75 Å². The number of aromatic amines is 1. The minimum absolute atomic E-state index is 0.00416. The van der Waals surface area contributed by atoms with Crippen LogP contribution >= 0.6 is 0 Å². The average Bonchev–Trinajstić information content (AvgIpc) is 4.11. The Balaban J connectivity index is 1.10. The fraction of sp³-hybridized carbons (Fsp3) is 0.387. The molecule has 0 saturated carbocycles. The Kier molecular flexibility index (Phi) is 20.2. The fourth-order valence-electron chi connectivity index (χ4n) is 11.0. The lowest BCUT2D eigenvalue weighted by atomic mass is 9.89. The maximum Gasteiger partial charge on any atom is 0.407 e. The normalized spacial score (nSPS) is 23.5. The summed E-state index contributed by atoms with van der Waals surface area (Å²) in [6.07, 6.45) is 0.723. The Hall–Kier alpha value is -8.10. The number of nitrogens with one attached hydrogen (secondary N) is 8. The number of piperidine rings is 1. The van der Waals surface area contributed by atoms with Crippen LogP contribution in [0, 0.1) is 5.92 Å². The minimum atomic E-state index is -1.52. The topological polar surface area (TPSA) is 270 Å². The summed E-state index contributed by atoms with van der Waals surface area (Å²) in [7, 11) is 0. The lowest BCUT2D eigenvalue weighted by Crippen LogP contribution is -2.63. The van der Waals surface area contributed by atoms with Crippen molar-refractivity contribution in [2.45, 2.75) is 113 Å². The van der Waals surface area contributed by atoms with E-state index in [1.54, 1.807) is 18.3 Å². The number of aryl methyl sites for hydroxylation is 1. The first-order chi connectivity index (χ1) is 39.5. The van der Waals surface area contributed by atoms with Gasteiger partial charge in [0.2, 0.25) is 29.5 Å². The zero-order valence-corrected chi connectivity index (χ0v) is 45.4. The number of carbonyl (C=O) groups is 6. The van der Waals surface area contributed by atoms with Crippen molar-refractivity contribution in [3.05, 3.63) is 174 Å². The number of aliphatic hydroxyl groups excluding tert-OH is 1. The summed E-state index contributed by atoms with van der Waals surface area (Å²) < 4.78 is 11.9. The summed E-state index contributed by atoms with van der Waals surface area (Å²) in [4.78, 5) is 93.7. The molecule has 4 heterocycles. The molecule has 6 amide bonds. The van der Waals surface area contributed by atoms with E-state index in [1.807, 2.05) is 127 Å². The average molecular weight is 1100 g/mol. The number of benzene rings is 5. The highest BCUT2D eigenvalue weighted by Crippen LogP contribution is 2.26. The second-order valence-electron chi connectivity index (χ2n) is 21.3. The highest BCUT2D eigenvalue weighted by atomic mass is 16.6. The Bertz CT molecular complexity index is 3030. The first kappa shape index (κ1) is 57.6. The van der Waals surface area contributed by atoms with Gasteiger partial charge in [-0.3, -0.25) is 29.3 Å². The zero-order valence-electron chi connectivity index (χ0n) is 45.4. The van der Waals surface area contributed by atoms with Crippen LogP contribution in [0.3, 0.4) is 0 Å². The lowest BCUT2D eigenvalue weighted by molar-refractivity contribution is -0.142. The number of hydrogen-bond donors (Lipinski definition) is 10. The number of fused-ring (bicyclic) bond motifs is 2. The summed E-state index contributed by atoms with van der Waals surface area (Å²) in [5.74, 6) is -2.54. The van der Waals surface area contributed by atoms with Crippen molar-refractivity contribution in [1.82, 2.24) is 47.1 Å². The molecule has 19 heteroatoms. The molecule has 426 valence electrons. The van der Waals surface area contributed by atoms with E-state index in [1.165, 1.54) is 4.90 Å². The molecule has 0 bridgehead atoms. The van der Waals surface area contributed by atoms with Crippen LogP contribution < -0.4 is 47.7 Å². The van der Waals surface area contributed by atoms with E-state index in [9.17, 15) is 9.90 Å². The van der Waals surface area contributed by atoms with E-state index in [4.69, 9.17) is 15.2 Å². The number of rotatable bonds is 17. The van der Waals surface area contributed by atoms with E-state index in [0.717, 1.165) is 53.5 Å². The molecule has 9 rings (SSSR count). The van der Waals surface area contributed by atoms with Gasteiger partial charge in [0, 0.05) is 49.5 Å². The molecule has 0 spiro atoms. The molecule has 6 aromatic rings. The Morgan fingerprint density at radius 3 is 1.98 bits per heavy atom. The van der Waals surface area contributed by atoms with Crippen LogP contribution in [0.1, 0.15) is 59.9 Å². The van der Waals surface area contributed by atoms with E-state index in [0.29, 0.717) is 36.3 Å². The van der Waals surface area contributed by atoms with Crippen molar-refractivity contribution in [3.63, 3.8) is 0 Å². The maximum atomic E-state index is 15.4. The third-order valence-corrected chi connectivity index (χ3v) is 15.4. The molecular weight excluding hydrogens is 1030 g/mol. The zero-order chi connectivity index (χ0) is 56.5. The lowest BCUT2D eigenvalue weighted by Gasteiger charge is -2.35. The summed E-state index contributed by atoms with van der Waals surface area (Å²) in [5, 5.41) is 34.7. The second kappa shape index (κ2) is 28.4. The van der Waals surface area contributed by atoms with Crippen molar-refractivity contribution < 1.29 is 43.3 Å². The van der Waals surface area contributed by atoms with Gasteiger partial charge in [-0.2, -0.15) is 0 Å². The number of para-hydroxylation sites is 1. The number of ether oxygens (including phenoxy) is 2. The predicted octanol–water partition coefficient (Wildman–Crippen LogP) is 3.68. The summed E-state index contributed by atoms with van der Waals surface area (Å²) in [5.41, 5.74) is 10.5. The summed E-state index contributed by atoms with van der Waals surface area (Å²) >= 11 is 0. The largest absolute Gasteiger partial charge is 0.489 e. The van der Waals surface area contributed by atoms with Gasteiger partial charge in [-0.1, -0.05) is 121 Å². The number of aromatic nitrogens is 1. The van der Waals surface area contributed by atoms with Gasteiger partial charge in [-0.25, -0.2) is 4.79 Å². The molecule has 3 aliphatic heterocycles. The van der Waals surface area contributed by atoms with Crippen molar-refractivity contribution >= 4 is 46.5 Å². The van der Waals surface area contributed by atoms with Gasteiger partial charge in [-0.15, -0.1) is 0 Å². The van der Waals surface area contributed by atoms with Crippen molar-refractivity contribution in [1.29, 1.82) is 0 Å². The van der Waals surface area contributed by atoms with E-state index >= 15 is 24.0 Å². The molecule has 1 aromatic heterocycles. The molecule has 81 heavy (non-hydrogen) atoms. The highest BCUT2D eigenvalue weighted by molar-refractivity contribution is 5.97. The quantitative estimate of drug-likeness (QED) is 0.0627. The summed E-state index contributed by atoms with van der Waals surface area (Å²) in [6.45, 7) is 1.87. The van der Waals surface area contributed by atoms with Gasteiger partial charge in [0.15, 0.2) is 0 Å². The number of alkyl carbamates (subject to hydrolysis) is 1. The van der Waals surface area contributed by atoms with Crippen molar-refractivity contribution in [2.24, 2.45) is 11.7 Å². The maximum absolute atomic E-state index is 15.4. The van der Waals surface area contributed by atoms with Crippen LogP contribution in [0.4, 0.5) is 4.79 Å². The van der Waals surface area contributed by atoms with Crippen LogP contribution in [0.15, 0.2) is 146 Å². The SMILES string of the molecule is NCCNC(=O)O[C@@H]1C[C@H]2C(=O)N[C@H](CCc3ccccc3)C(=O)N[C@H](Cc3c[nH]c4ccccc34)C(=O)N[C@@H](CC3CCNCC3)C(O)N[C@@H](Cc3ccc(OCc4ccccc4)cc3)C(=O)N[C@@H](Cc3ccccc3)C(=O)N2C1. The summed E-state index contributed by atoms with van der Waals surface area (Å²) in [6, 6.07) is 36.0. The fourth-order valence-corrected chi connectivity index (χ4v) is 11.0. The number of aliphatic hydroxyl groups is 1. The highest BCUT2D eigenvalue weighted by Gasteiger charge is 2.45. The minimum Gasteiger partial charge on any atom is -0.489 e. The van der Waals surface area contributed by atoms with Gasteiger partial charge in [-0.05, 0) is 104 Å². The molecular formula is C62H74N10O9. The third kappa shape index (κ3) is 16.1. The Labute approximate surface area is 471 Å².